The summed E-state index contributed by atoms with van der Waals surface area (Å²) in [5.74, 6) is -1.34. The van der Waals surface area contributed by atoms with Gasteiger partial charge in [-0.15, -0.1) is 12.4 Å². The van der Waals surface area contributed by atoms with Crippen LogP contribution < -0.4 is 11.5 Å². The number of phenolic OH excluding ortho intramolecular Hbond substituents is 1. The molecule has 0 saturated carbocycles. The number of hydrogen-bond donors (Lipinski definition) is 7. The van der Waals surface area contributed by atoms with E-state index in [2.05, 4.69) is 9.97 Å². The quantitative estimate of drug-likeness (QED) is 0.251. The summed E-state index contributed by atoms with van der Waals surface area (Å²) in [6.07, 6.45) is 4.74. The minimum absolute atomic E-state index is 0. The molecule has 35 heavy (non-hydrogen) atoms. The number of carboxylic acids is 1. The largest absolute Gasteiger partial charge is 0.508 e. The summed E-state index contributed by atoms with van der Waals surface area (Å²) >= 11 is 0. The monoisotopic (exact) mass is 508 g/mol. The fourth-order valence-corrected chi connectivity index (χ4v) is 2.48. The summed E-state index contributed by atoms with van der Waals surface area (Å²) in [7, 11) is 0. The summed E-state index contributed by atoms with van der Waals surface area (Å²) in [5, 5.41) is 44.5. The van der Waals surface area contributed by atoms with Crippen molar-refractivity contribution in [1.29, 1.82) is 0 Å². The van der Waals surface area contributed by atoms with Crippen LogP contribution in [0.15, 0.2) is 55.0 Å². The molecule has 0 unspecified atom stereocenters. The van der Waals surface area contributed by atoms with Crippen LogP contribution in [0.1, 0.15) is 32.7 Å². The van der Waals surface area contributed by atoms with E-state index < -0.39 is 17.9 Å². The number of aliphatic carboxylic acids is 1. The first-order chi connectivity index (χ1) is 16.1. The van der Waals surface area contributed by atoms with Crippen LogP contribution in [-0.4, -0.2) is 53.4 Å². The van der Waals surface area contributed by atoms with Gasteiger partial charge in [0, 0.05) is 29.7 Å². The van der Waals surface area contributed by atoms with Crippen molar-refractivity contribution < 1.29 is 35.1 Å². The van der Waals surface area contributed by atoms with Gasteiger partial charge in [0.1, 0.15) is 17.5 Å². The molecule has 0 aliphatic carbocycles. The van der Waals surface area contributed by atoms with Gasteiger partial charge in [-0.1, -0.05) is 12.1 Å². The Bertz CT molecular complexity index is 1070. The Morgan fingerprint density at radius 1 is 1.03 bits per heavy atom. The van der Waals surface area contributed by atoms with Crippen molar-refractivity contribution in [3.8, 4) is 11.5 Å². The first-order valence-electron chi connectivity index (χ1n) is 9.94. The maximum atomic E-state index is 10.4. The molecular formula is C23H29ClN4O7. The van der Waals surface area contributed by atoms with E-state index in [1.165, 1.54) is 24.5 Å². The van der Waals surface area contributed by atoms with Gasteiger partial charge in [0.2, 0.25) is 5.91 Å². The molecule has 0 aliphatic rings. The lowest BCUT2D eigenvalue weighted by Crippen LogP contribution is -2.32. The number of carboxylic acid groups (broad SMARTS) is 1. The molecule has 3 rings (SSSR count). The molecule has 12 heteroatoms. The molecule has 9 N–H and O–H groups in total. The van der Waals surface area contributed by atoms with Crippen molar-refractivity contribution in [1.82, 2.24) is 9.97 Å². The number of aliphatic hydroxyl groups is 2. The number of aryl methyl sites for hydroxylation is 1. The number of carbonyl (C=O) groups excluding carboxylic acids is 1. The molecule has 3 aromatic rings. The van der Waals surface area contributed by atoms with Gasteiger partial charge in [-0.05, 0) is 43.2 Å². The van der Waals surface area contributed by atoms with E-state index in [1.54, 1.807) is 37.4 Å². The Kier molecular flexibility index (Phi) is 14.2. The highest BCUT2D eigenvalue weighted by Crippen LogP contribution is 2.23. The second-order valence-corrected chi connectivity index (χ2v) is 6.93. The second kappa shape index (κ2) is 16.0. The maximum absolute atomic E-state index is 10.4. The van der Waals surface area contributed by atoms with Gasteiger partial charge in [-0.2, -0.15) is 0 Å². The van der Waals surface area contributed by atoms with Crippen LogP contribution in [0, 0.1) is 6.92 Å². The van der Waals surface area contributed by atoms with Crippen molar-refractivity contribution >= 4 is 24.3 Å². The number of phenols is 1. The Morgan fingerprint density at radius 3 is 2.09 bits per heavy atom. The summed E-state index contributed by atoms with van der Waals surface area (Å²) in [5.41, 5.74) is 12.8. The number of rotatable bonds is 6. The molecule has 0 saturated heterocycles. The predicted octanol–water partition coefficient (Wildman–Crippen LogP) is 1.03. The Hall–Kier alpha value is -3.77. The van der Waals surface area contributed by atoms with E-state index in [1.807, 2.05) is 0 Å². The molecule has 0 spiro atoms. The average Bonchev–Trinajstić information content (AvgIpc) is 2.83. The van der Waals surface area contributed by atoms with E-state index >= 15 is 0 Å². The minimum Gasteiger partial charge on any atom is -0.508 e. The van der Waals surface area contributed by atoms with Crippen molar-refractivity contribution in [3.05, 3.63) is 82.9 Å². The van der Waals surface area contributed by atoms with E-state index in [9.17, 15) is 14.7 Å². The van der Waals surface area contributed by atoms with Gasteiger partial charge in [0.15, 0.2) is 0 Å². The highest BCUT2D eigenvalue weighted by atomic mass is 35.5. The third-order valence-corrected chi connectivity index (χ3v) is 4.41. The molecule has 2 heterocycles. The lowest BCUT2D eigenvalue weighted by atomic mass is 10.1. The van der Waals surface area contributed by atoms with Crippen LogP contribution in [0.3, 0.4) is 0 Å². The van der Waals surface area contributed by atoms with Gasteiger partial charge in [-0.3, -0.25) is 19.6 Å². The third kappa shape index (κ3) is 10.8. The van der Waals surface area contributed by atoms with Crippen molar-refractivity contribution in [2.75, 3.05) is 0 Å². The Labute approximate surface area is 208 Å². The van der Waals surface area contributed by atoms with E-state index in [0.29, 0.717) is 22.4 Å². The Balaban J connectivity index is 0.000000496. The molecule has 0 aliphatic heterocycles. The number of hydrogen-bond acceptors (Lipinski definition) is 9. The van der Waals surface area contributed by atoms with Gasteiger partial charge < -0.3 is 37.0 Å². The number of pyridine rings is 2. The number of aliphatic hydroxyl groups excluding tert-OH is 2. The summed E-state index contributed by atoms with van der Waals surface area (Å²) in [4.78, 5) is 28.3. The molecule has 11 nitrogen and oxygen atoms in total. The summed E-state index contributed by atoms with van der Waals surface area (Å²) in [6.45, 7) is 1.12. The first kappa shape index (κ1) is 31.2. The fourth-order valence-electron chi connectivity index (χ4n) is 2.48. The predicted molar refractivity (Wildman–Crippen MR) is 130 cm³/mol. The van der Waals surface area contributed by atoms with Gasteiger partial charge in [-0.25, -0.2) is 0 Å². The molecule has 0 radical (unpaired) electrons. The molecule has 0 bridgehead atoms. The smallest absolute Gasteiger partial charge is 0.320 e. The maximum Gasteiger partial charge on any atom is 0.320 e. The van der Waals surface area contributed by atoms with Crippen LogP contribution in [0.25, 0.3) is 0 Å². The zero-order chi connectivity index (χ0) is 25.7. The highest BCUT2D eigenvalue weighted by molar-refractivity contribution is 5.92. The van der Waals surface area contributed by atoms with E-state index in [4.69, 9.17) is 31.9 Å². The standard InChI is InChI=1S/C9H11NO3.C8H11NO3.C6H6N2O.ClH/c10-8(9(12)13)5-6-1-3-7(11)4-2-6;1-5-8(12)7(4-11)6(3-10)2-9-5;7-6(9)5-2-1-3-8-4-5;/h1-4,8,11H,5,10H2,(H,12,13);2,10-12H,3-4H2,1H3;1-4H,(H2,7,9);1H/t8-;;;/m0.../s1. The molecule has 1 amide bonds. The van der Waals surface area contributed by atoms with E-state index in [0.717, 1.165) is 5.56 Å². The number of nitrogens with zero attached hydrogens (tertiary/aromatic N) is 2. The van der Waals surface area contributed by atoms with Gasteiger partial charge in [0.05, 0.1) is 24.5 Å². The zero-order valence-electron chi connectivity index (χ0n) is 18.9. The first-order valence-corrected chi connectivity index (χ1v) is 9.94. The summed E-state index contributed by atoms with van der Waals surface area (Å²) < 4.78 is 0. The number of carbonyl (C=O) groups is 2. The van der Waals surface area contributed by atoms with Crippen LogP contribution in [0.2, 0.25) is 0 Å². The van der Waals surface area contributed by atoms with Crippen molar-refractivity contribution in [2.45, 2.75) is 32.6 Å². The molecule has 190 valence electrons. The van der Waals surface area contributed by atoms with Gasteiger partial charge >= 0.3 is 5.97 Å². The fraction of sp³-hybridized carbons (Fsp3) is 0.217. The third-order valence-electron chi connectivity index (χ3n) is 4.41. The number of benzene rings is 1. The Morgan fingerprint density at radius 2 is 1.66 bits per heavy atom. The van der Waals surface area contributed by atoms with Crippen LogP contribution in [0.4, 0.5) is 0 Å². The number of primary amides is 1. The highest BCUT2D eigenvalue weighted by Gasteiger charge is 2.11. The lowest BCUT2D eigenvalue weighted by Gasteiger charge is -2.07. The summed E-state index contributed by atoms with van der Waals surface area (Å²) in [6, 6.07) is 8.71. The topological polar surface area (TPSA) is 213 Å². The number of aromatic nitrogens is 2. The van der Waals surface area contributed by atoms with Crippen LogP contribution >= 0.6 is 12.4 Å². The molecule has 1 atom stereocenters. The van der Waals surface area contributed by atoms with Crippen LogP contribution in [-0.2, 0) is 24.4 Å². The van der Waals surface area contributed by atoms with Crippen molar-refractivity contribution in [3.63, 3.8) is 0 Å². The number of amides is 1. The average molecular weight is 509 g/mol. The minimum atomic E-state index is -1.02. The molecule has 0 fully saturated rings. The molecule has 2 aromatic heterocycles. The van der Waals surface area contributed by atoms with Gasteiger partial charge in [0.25, 0.3) is 0 Å². The van der Waals surface area contributed by atoms with Crippen molar-refractivity contribution in [2.24, 2.45) is 11.5 Å². The zero-order valence-corrected chi connectivity index (χ0v) is 19.7. The molecule has 1 aromatic carbocycles. The second-order valence-electron chi connectivity index (χ2n) is 6.93. The number of aromatic hydroxyl groups is 2. The number of nitrogens with two attached hydrogens (primary N) is 2. The number of halogens is 1. The normalized spacial score (nSPS) is 10.4. The lowest BCUT2D eigenvalue weighted by molar-refractivity contribution is -0.138. The molecular weight excluding hydrogens is 480 g/mol. The SMILES string of the molecule is Cc1ncc(CO)c(CO)c1O.Cl.NC(=O)c1cccnc1.N[C@@H](Cc1ccc(O)cc1)C(=O)O. The van der Waals surface area contributed by atoms with E-state index in [-0.39, 0.29) is 43.5 Å². The van der Waals surface area contributed by atoms with Crippen LogP contribution in [0.5, 0.6) is 11.5 Å².